The molecule has 15 heavy (non-hydrogen) atoms. The molecule has 1 nitrogen and oxygen atoms in total. The van der Waals surface area contributed by atoms with Crippen LogP contribution in [0.3, 0.4) is 0 Å². The van der Waals surface area contributed by atoms with Crippen molar-refractivity contribution >= 4 is 17.5 Å². The monoisotopic (exact) mass is 221 g/mol. The molecule has 0 atom stereocenters. The number of rotatable bonds is 2. The van der Waals surface area contributed by atoms with Crippen LogP contribution in [0.4, 0.5) is 4.39 Å². The van der Waals surface area contributed by atoms with E-state index in [9.17, 15) is 4.39 Å². The molecule has 0 aliphatic heterocycles. The summed E-state index contributed by atoms with van der Waals surface area (Å²) in [5, 5.41) is -0.597. The normalized spacial score (nSPS) is 8.93. The fourth-order valence-electron chi connectivity index (χ4n) is 1.06. The SMILES string of the molecule is CCN(CC#Cc1ccccc1)C(F)=S. The van der Waals surface area contributed by atoms with Gasteiger partial charge in [-0.1, -0.05) is 30.0 Å². The van der Waals surface area contributed by atoms with E-state index in [-0.39, 0.29) is 0 Å². The second kappa shape index (κ2) is 6.15. The molecule has 0 N–H and O–H groups in total. The van der Waals surface area contributed by atoms with E-state index in [2.05, 4.69) is 24.1 Å². The van der Waals surface area contributed by atoms with E-state index in [1.165, 1.54) is 4.90 Å². The minimum Gasteiger partial charge on any atom is -0.328 e. The fourth-order valence-corrected chi connectivity index (χ4v) is 1.25. The molecule has 0 unspecified atom stereocenters. The molecule has 0 heterocycles. The lowest BCUT2D eigenvalue weighted by atomic mass is 10.2. The maximum atomic E-state index is 12.7. The Morgan fingerprint density at radius 3 is 2.60 bits per heavy atom. The molecule has 0 saturated heterocycles. The van der Waals surface area contributed by atoms with Gasteiger partial charge >= 0.3 is 0 Å². The molecule has 0 radical (unpaired) electrons. The lowest BCUT2D eigenvalue weighted by Gasteiger charge is -2.13. The third-order valence-corrected chi connectivity index (χ3v) is 2.16. The lowest BCUT2D eigenvalue weighted by Crippen LogP contribution is -2.26. The Morgan fingerprint density at radius 1 is 1.40 bits per heavy atom. The number of nitrogens with zero attached hydrogens (tertiary/aromatic N) is 1. The molecule has 0 aromatic heterocycles. The molecule has 1 aromatic carbocycles. The van der Waals surface area contributed by atoms with Crippen molar-refractivity contribution in [1.29, 1.82) is 0 Å². The molecular formula is C12H12FNS. The highest BCUT2D eigenvalue weighted by Crippen LogP contribution is 1.96. The Bertz CT molecular complexity index is 378. The Hall–Kier alpha value is -1.40. The number of hydrogen-bond acceptors (Lipinski definition) is 1. The van der Waals surface area contributed by atoms with E-state index in [4.69, 9.17) is 0 Å². The van der Waals surface area contributed by atoms with Crippen LogP contribution in [0.15, 0.2) is 30.3 Å². The van der Waals surface area contributed by atoms with Gasteiger partial charge in [-0.15, -0.1) is 0 Å². The minimum atomic E-state index is -0.597. The second-order valence-electron chi connectivity index (χ2n) is 2.93. The van der Waals surface area contributed by atoms with Gasteiger partial charge in [0, 0.05) is 12.1 Å². The summed E-state index contributed by atoms with van der Waals surface area (Å²) in [6, 6.07) is 9.59. The predicted molar refractivity (Wildman–Crippen MR) is 64.3 cm³/mol. The van der Waals surface area contributed by atoms with E-state index < -0.39 is 5.24 Å². The van der Waals surface area contributed by atoms with E-state index in [1.54, 1.807) is 0 Å². The first-order chi connectivity index (χ1) is 7.24. The largest absolute Gasteiger partial charge is 0.328 e. The zero-order valence-corrected chi connectivity index (χ0v) is 9.35. The smallest absolute Gasteiger partial charge is 0.256 e. The van der Waals surface area contributed by atoms with Crippen LogP contribution in [0, 0.1) is 11.8 Å². The topological polar surface area (TPSA) is 3.24 Å². The van der Waals surface area contributed by atoms with Crippen LogP contribution < -0.4 is 0 Å². The van der Waals surface area contributed by atoms with Gasteiger partial charge in [-0.25, -0.2) is 0 Å². The molecule has 0 aliphatic rings. The van der Waals surface area contributed by atoms with Gasteiger partial charge in [0.25, 0.3) is 5.24 Å². The molecule has 3 heteroatoms. The minimum absolute atomic E-state index is 0.334. The van der Waals surface area contributed by atoms with Crippen molar-refractivity contribution in [3.05, 3.63) is 35.9 Å². The van der Waals surface area contributed by atoms with Gasteiger partial charge in [0.05, 0.1) is 6.54 Å². The van der Waals surface area contributed by atoms with Gasteiger partial charge in [-0.05, 0) is 31.3 Å². The molecular weight excluding hydrogens is 209 g/mol. The van der Waals surface area contributed by atoms with Crippen LogP contribution in [-0.2, 0) is 0 Å². The summed E-state index contributed by atoms with van der Waals surface area (Å²) >= 11 is 4.44. The van der Waals surface area contributed by atoms with E-state index in [1.807, 2.05) is 37.3 Å². The van der Waals surface area contributed by atoms with Gasteiger partial charge < -0.3 is 4.90 Å². The average Bonchev–Trinajstić information content (AvgIpc) is 2.25. The predicted octanol–water partition coefficient (Wildman–Crippen LogP) is 2.61. The fraction of sp³-hybridized carbons (Fsp3) is 0.250. The van der Waals surface area contributed by atoms with Crippen molar-refractivity contribution in [2.45, 2.75) is 6.92 Å². The van der Waals surface area contributed by atoms with Gasteiger partial charge in [-0.2, -0.15) is 4.39 Å². The molecule has 1 aromatic rings. The first-order valence-electron chi connectivity index (χ1n) is 4.72. The number of hydrogen-bond donors (Lipinski definition) is 0. The van der Waals surface area contributed by atoms with Crippen LogP contribution in [0.5, 0.6) is 0 Å². The van der Waals surface area contributed by atoms with E-state index >= 15 is 0 Å². The Labute approximate surface area is 94.9 Å². The zero-order valence-electron chi connectivity index (χ0n) is 8.53. The van der Waals surface area contributed by atoms with Crippen molar-refractivity contribution in [1.82, 2.24) is 4.90 Å². The summed E-state index contributed by atoms with van der Waals surface area (Å²) < 4.78 is 12.7. The highest BCUT2D eigenvalue weighted by molar-refractivity contribution is 7.79. The average molecular weight is 221 g/mol. The molecule has 0 spiro atoms. The highest BCUT2D eigenvalue weighted by atomic mass is 32.1. The first-order valence-corrected chi connectivity index (χ1v) is 5.13. The molecule has 0 aliphatic carbocycles. The van der Waals surface area contributed by atoms with E-state index in [0.717, 1.165) is 5.56 Å². The third kappa shape index (κ3) is 4.09. The second-order valence-corrected chi connectivity index (χ2v) is 3.27. The first kappa shape index (κ1) is 11.7. The standard InChI is InChI=1S/C12H12FNS/c1-2-14(12(13)15)10-6-9-11-7-4-3-5-8-11/h3-5,7-8H,2,10H2,1H3. The summed E-state index contributed by atoms with van der Waals surface area (Å²) in [4.78, 5) is 1.41. The summed E-state index contributed by atoms with van der Waals surface area (Å²) in [6.45, 7) is 2.72. The molecule has 0 bridgehead atoms. The summed E-state index contributed by atoms with van der Waals surface area (Å²) in [7, 11) is 0. The molecule has 1 rings (SSSR count). The molecule has 0 amide bonds. The van der Waals surface area contributed by atoms with E-state index in [0.29, 0.717) is 13.1 Å². The van der Waals surface area contributed by atoms with Crippen molar-refractivity contribution < 1.29 is 4.39 Å². The Kier molecular flexibility index (Phi) is 4.79. The summed E-state index contributed by atoms with van der Waals surface area (Å²) in [6.07, 6.45) is 0. The Balaban J connectivity index is 2.56. The van der Waals surface area contributed by atoms with Crippen LogP contribution in [0.2, 0.25) is 0 Å². The van der Waals surface area contributed by atoms with Crippen molar-refractivity contribution in [2.24, 2.45) is 0 Å². The van der Waals surface area contributed by atoms with Crippen molar-refractivity contribution in [2.75, 3.05) is 13.1 Å². The lowest BCUT2D eigenvalue weighted by molar-refractivity contribution is 0.452. The maximum Gasteiger partial charge on any atom is 0.256 e. The van der Waals surface area contributed by atoms with Crippen LogP contribution >= 0.6 is 12.2 Å². The number of halogens is 1. The van der Waals surface area contributed by atoms with Crippen LogP contribution in [0.25, 0.3) is 0 Å². The van der Waals surface area contributed by atoms with Crippen molar-refractivity contribution in [3.63, 3.8) is 0 Å². The summed E-state index contributed by atoms with van der Waals surface area (Å²) in [5.74, 6) is 5.83. The number of thiocarbonyl (C=S) groups is 1. The number of benzene rings is 1. The maximum absolute atomic E-state index is 12.7. The quantitative estimate of drug-likeness (QED) is 0.327. The van der Waals surface area contributed by atoms with Gasteiger partial charge in [0.2, 0.25) is 0 Å². The highest BCUT2D eigenvalue weighted by Gasteiger charge is 2.02. The third-order valence-electron chi connectivity index (χ3n) is 1.91. The van der Waals surface area contributed by atoms with Gasteiger partial charge in [-0.3, -0.25) is 0 Å². The molecule has 0 saturated carbocycles. The van der Waals surface area contributed by atoms with Gasteiger partial charge in [0.1, 0.15) is 0 Å². The van der Waals surface area contributed by atoms with Crippen LogP contribution in [0.1, 0.15) is 12.5 Å². The van der Waals surface area contributed by atoms with Gasteiger partial charge in [0.15, 0.2) is 0 Å². The Morgan fingerprint density at radius 2 is 2.07 bits per heavy atom. The summed E-state index contributed by atoms with van der Waals surface area (Å²) in [5.41, 5.74) is 0.929. The van der Waals surface area contributed by atoms with Crippen molar-refractivity contribution in [3.8, 4) is 11.8 Å². The zero-order chi connectivity index (χ0) is 11.1. The molecule has 0 fully saturated rings. The molecule has 78 valence electrons. The van der Waals surface area contributed by atoms with Crippen LogP contribution in [-0.4, -0.2) is 23.2 Å².